The summed E-state index contributed by atoms with van der Waals surface area (Å²) in [6.45, 7) is 0.456. The summed E-state index contributed by atoms with van der Waals surface area (Å²) in [4.78, 5) is 38.8. The SMILES string of the molecule is O=C(NO)c1ccc(/C=C(/CCOc2cccc3ccccc23)CN2C(=O)c3ccccc3C2=O)cc1. The number of carbonyl (C=O) groups excluding carboxylic acids is 3. The first-order chi connectivity index (χ1) is 18.0. The van der Waals surface area contributed by atoms with Crippen molar-refractivity contribution in [1.82, 2.24) is 10.4 Å². The Hall–Kier alpha value is -4.75. The summed E-state index contributed by atoms with van der Waals surface area (Å²) in [5, 5.41) is 10.9. The van der Waals surface area contributed by atoms with E-state index in [9.17, 15) is 14.4 Å². The molecule has 4 aromatic rings. The maximum atomic E-state index is 13.0. The van der Waals surface area contributed by atoms with Crippen LogP contribution in [0.5, 0.6) is 5.75 Å². The van der Waals surface area contributed by atoms with E-state index in [0.29, 0.717) is 29.7 Å². The molecule has 5 rings (SSSR count). The highest BCUT2D eigenvalue weighted by atomic mass is 16.5. The normalized spacial score (nSPS) is 13.1. The highest BCUT2D eigenvalue weighted by Crippen LogP contribution is 2.27. The molecule has 2 N–H and O–H groups in total. The van der Waals surface area contributed by atoms with Crippen LogP contribution in [0.2, 0.25) is 0 Å². The molecule has 0 spiro atoms. The van der Waals surface area contributed by atoms with E-state index in [4.69, 9.17) is 9.94 Å². The summed E-state index contributed by atoms with van der Waals surface area (Å²) >= 11 is 0. The fourth-order valence-corrected chi connectivity index (χ4v) is 4.43. The Labute approximate surface area is 213 Å². The molecule has 0 unspecified atom stereocenters. The van der Waals surface area contributed by atoms with Crippen molar-refractivity contribution in [2.75, 3.05) is 13.2 Å². The average molecular weight is 493 g/mol. The Morgan fingerprint density at radius 2 is 1.49 bits per heavy atom. The third kappa shape index (κ3) is 4.98. The van der Waals surface area contributed by atoms with E-state index >= 15 is 0 Å². The van der Waals surface area contributed by atoms with Gasteiger partial charge in [-0.15, -0.1) is 0 Å². The van der Waals surface area contributed by atoms with Crippen molar-refractivity contribution in [3.63, 3.8) is 0 Å². The van der Waals surface area contributed by atoms with Crippen molar-refractivity contribution in [2.45, 2.75) is 6.42 Å². The van der Waals surface area contributed by atoms with Gasteiger partial charge in [-0.25, -0.2) is 5.48 Å². The molecule has 1 aliphatic rings. The summed E-state index contributed by atoms with van der Waals surface area (Å²) in [7, 11) is 0. The number of hydroxylamine groups is 1. The van der Waals surface area contributed by atoms with Gasteiger partial charge < -0.3 is 4.74 Å². The number of hydrogen-bond acceptors (Lipinski definition) is 5. The van der Waals surface area contributed by atoms with E-state index in [2.05, 4.69) is 0 Å². The molecule has 1 aliphatic heterocycles. The number of imide groups is 1. The lowest BCUT2D eigenvalue weighted by Gasteiger charge is -2.18. The number of ether oxygens (including phenoxy) is 1. The van der Waals surface area contributed by atoms with Crippen LogP contribution in [0.15, 0.2) is 96.6 Å². The summed E-state index contributed by atoms with van der Waals surface area (Å²) in [5.74, 6) is -0.490. The molecule has 37 heavy (non-hydrogen) atoms. The average Bonchev–Trinajstić information content (AvgIpc) is 3.18. The number of amides is 3. The van der Waals surface area contributed by atoms with E-state index in [1.54, 1.807) is 54.0 Å². The van der Waals surface area contributed by atoms with Gasteiger partial charge in [-0.05, 0) is 46.9 Å². The van der Waals surface area contributed by atoms with Gasteiger partial charge in [0.2, 0.25) is 0 Å². The number of nitrogens with one attached hydrogen (secondary N) is 1. The fraction of sp³-hybridized carbons (Fsp3) is 0.100. The number of benzene rings is 4. The number of hydrogen-bond donors (Lipinski definition) is 2. The third-order valence-corrected chi connectivity index (χ3v) is 6.31. The molecular formula is C30H24N2O5. The van der Waals surface area contributed by atoms with Crippen LogP contribution in [-0.2, 0) is 0 Å². The van der Waals surface area contributed by atoms with Gasteiger partial charge >= 0.3 is 0 Å². The van der Waals surface area contributed by atoms with Gasteiger partial charge in [-0.1, -0.05) is 66.7 Å². The Morgan fingerprint density at radius 1 is 0.838 bits per heavy atom. The predicted octanol–water partition coefficient (Wildman–Crippen LogP) is 5.11. The first kappa shape index (κ1) is 24.0. The van der Waals surface area contributed by atoms with Crippen LogP contribution in [0.1, 0.15) is 43.1 Å². The minimum Gasteiger partial charge on any atom is -0.493 e. The van der Waals surface area contributed by atoms with Crippen molar-refractivity contribution in [3.05, 3.63) is 119 Å². The Balaban J connectivity index is 1.38. The maximum Gasteiger partial charge on any atom is 0.274 e. The Bertz CT molecular complexity index is 1480. The molecule has 4 aromatic carbocycles. The molecule has 184 valence electrons. The molecule has 0 atom stereocenters. The highest BCUT2D eigenvalue weighted by Gasteiger charge is 2.35. The van der Waals surface area contributed by atoms with E-state index in [1.165, 1.54) is 4.90 Å². The van der Waals surface area contributed by atoms with Crippen LogP contribution in [0.25, 0.3) is 16.8 Å². The summed E-state index contributed by atoms with van der Waals surface area (Å²) in [6, 6.07) is 27.3. The largest absolute Gasteiger partial charge is 0.493 e. The first-order valence-electron chi connectivity index (χ1n) is 11.8. The van der Waals surface area contributed by atoms with E-state index in [-0.39, 0.29) is 18.4 Å². The van der Waals surface area contributed by atoms with Crippen molar-refractivity contribution >= 4 is 34.6 Å². The van der Waals surface area contributed by atoms with Gasteiger partial charge in [0, 0.05) is 17.4 Å². The van der Waals surface area contributed by atoms with Crippen LogP contribution in [-0.4, -0.2) is 41.0 Å². The highest BCUT2D eigenvalue weighted by molar-refractivity contribution is 6.21. The predicted molar refractivity (Wildman–Crippen MR) is 140 cm³/mol. The zero-order valence-corrected chi connectivity index (χ0v) is 19.9. The Morgan fingerprint density at radius 3 is 2.19 bits per heavy atom. The quantitative estimate of drug-likeness (QED) is 0.203. The smallest absolute Gasteiger partial charge is 0.274 e. The molecule has 0 saturated heterocycles. The minimum absolute atomic E-state index is 0.115. The molecule has 0 radical (unpaired) electrons. The second-order valence-electron chi connectivity index (χ2n) is 8.68. The molecule has 7 heteroatoms. The zero-order valence-electron chi connectivity index (χ0n) is 19.9. The monoisotopic (exact) mass is 492 g/mol. The topological polar surface area (TPSA) is 95.9 Å². The lowest BCUT2D eigenvalue weighted by molar-refractivity contribution is 0.0665. The second-order valence-corrected chi connectivity index (χ2v) is 8.68. The summed E-state index contributed by atoms with van der Waals surface area (Å²) in [6.07, 6.45) is 2.35. The zero-order chi connectivity index (χ0) is 25.8. The number of rotatable bonds is 8. The Kier molecular flexibility index (Phi) is 6.78. The van der Waals surface area contributed by atoms with Gasteiger partial charge in [-0.2, -0.15) is 0 Å². The molecule has 1 heterocycles. The summed E-state index contributed by atoms with van der Waals surface area (Å²) in [5.41, 5.74) is 4.32. The molecule has 0 fully saturated rings. The van der Waals surface area contributed by atoms with Crippen LogP contribution >= 0.6 is 0 Å². The van der Waals surface area contributed by atoms with Crippen molar-refractivity contribution < 1.29 is 24.3 Å². The third-order valence-electron chi connectivity index (χ3n) is 6.31. The maximum absolute atomic E-state index is 13.0. The standard InChI is InChI=1S/C30H24N2O5/c33-28(31-36)23-14-12-20(13-15-23)18-21(19-32-29(34)25-9-3-4-10-26(25)30(32)35)16-17-37-27-11-5-7-22-6-1-2-8-24(22)27/h1-15,18,36H,16-17,19H2,(H,31,33)/b21-18-. The minimum atomic E-state index is -0.606. The second kappa shape index (κ2) is 10.5. The number of carbonyl (C=O) groups is 3. The van der Waals surface area contributed by atoms with Gasteiger partial charge in [0.15, 0.2) is 0 Å². The van der Waals surface area contributed by atoms with Crippen LogP contribution in [0.4, 0.5) is 0 Å². The van der Waals surface area contributed by atoms with E-state index in [1.807, 2.05) is 48.5 Å². The van der Waals surface area contributed by atoms with Crippen molar-refractivity contribution in [3.8, 4) is 5.75 Å². The van der Waals surface area contributed by atoms with Crippen LogP contribution < -0.4 is 10.2 Å². The molecule has 0 saturated carbocycles. The number of fused-ring (bicyclic) bond motifs is 2. The van der Waals surface area contributed by atoms with E-state index in [0.717, 1.165) is 27.7 Å². The van der Waals surface area contributed by atoms with Gasteiger partial charge in [-0.3, -0.25) is 24.5 Å². The number of nitrogens with zero attached hydrogens (tertiary/aromatic N) is 1. The van der Waals surface area contributed by atoms with Gasteiger partial charge in [0.25, 0.3) is 17.7 Å². The lowest BCUT2D eigenvalue weighted by Crippen LogP contribution is -2.32. The first-order valence-corrected chi connectivity index (χ1v) is 11.8. The lowest BCUT2D eigenvalue weighted by atomic mass is 10.1. The molecular weight excluding hydrogens is 468 g/mol. The van der Waals surface area contributed by atoms with Crippen molar-refractivity contribution in [2.24, 2.45) is 0 Å². The molecule has 7 nitrogen and oxygen atoms in total. The molecule has 0 aliphatic carbocycles. The van der Waals surface area contributed by atoms with E-state index < -0.39 is 5.91 Å². The molecule has 0 aromatic heterocycles. The van der Waals surface area contributed by atoms with Gasteiger partial charge in [0.1, 0.15) is 5.75 Å². The fourth-order valence-electron chi connectivity index (χ4n) is 4.43. The molecule has 0 bridgehead atoms. The summed E-state index contributed by atoms with van der Waals surface area (Å²) < 4.78 is 6.12. The van der Waals surface area contributed by atoms with Crippen LogP contribution in [0, 0.1) is 0 Å². The van der Waals surface area contributed by atoms with Crippen LogP contribution in [0.3, 0.4) is 0 Å². The van der Waals surface area contributed by atoms with Crippen molar-refractivity contribution in [1.29, 1.82) is 0 Å². The molecule has 3 amide bonds. The van der Waals surface area contributed by atoms with Gasteiger partial charge in [0.05, 0.1) is 24.3 Å².